The standard InChI is InChI=1S/C20H46O3Si2/c1-17(16-21)18(23-25(10,11)20(5,6)7)14-12-13-15-22-24(8,9)19(2,3)4/h17-18,21H,12-16H2,1-11H3/t17-,18-/m1/s1. The maximum atomic E-state index is 9.62. The number of aliphatic hydroxyl groups excluding tert-OH is 1. The van der Waals surface area contributed by atoms with Crippen molar-refractivity contribution < 1.29 is 14.0 Å². The summed E-state index contributed by atoms with van der Waals surface area (Å²) in [4.78, 5) is 0. The second-order valence-electron chi connectivity index (χ2n) is 10.7. The smallest absolute Gasteiger partial charge is 0.192 e. The molecule has 0 aromatic heterocycles. The van der Waals surface area contributed by atoms with Gasteiger partial charge in [0.05, 0.1) is 0 Å². The van der Waals surface area contributed by atoms with Gasteiger partial charge in [0, 0.05) is 25.2 Å². The number of rotatable bonds is 10. The molecule has 0 amide bonds. The van der Waals surface area contributed by atoms with Crippen molar-refractivity contribution >= 4 is 16.6 Å². The van der Waals surface area contributed by atoms with Crippen LogP contribution in [0.3, 0.4) is 0 Å². The number of hydrogen-bond acceptors (Lipinski definition) is 3. The molecule has 0 aliphatic heterocycles. The third kappa shape index (κ3) is 8.25. The van der Waals surface area contributed by atoms with Gasteiger partial charge in [-0.2, -0.15) is 0 Å². The lowest BCUT2D eigenvalue weighted by atomic mass is 10.0. The van der Waals surface area contributed by atoms with Gasteiger partial charge in [-0.25, -0.2) is 0 Å². The van der Waals surface area contributed by atoms with Crippen molar-refractivity contribution in [3.63, 3.8) is 0 Å². The number of aliphatic hydroxyl groups is 1. The minimum atomic E-state index is -1.81. The Morgan fingerprint density at radius 3 is 1.72 bits per heavy atom. The van der Waals surface area contributed by atoms with Crippen LogP contribution >= 0.6 is 0 Å². The second kappa shape index (κ2) is 9.49. The monoisotopic (exact) mass is 390 g/mol. The molecule has 0 heterocycles. The Labute approximate surface area is 160 Å². The van der Waals surface area contributed by atoms with Crippen molar-refractivity contribution in [1.82, 2.24) is 0 Å². The zero-order chi connectivity index (χ0) is 20.1. The van der Waals surface area contributed by atoms with Crippen LogP contribution in [0.2, 0.25) is 36.3 Å². The maximum Gasteiger partial charge on any atom is 0.192 e. The molecule has 3 nitrogen and oxygen atoms in total. The van der Waals surface area contributed by atoms with E-state index >= 15 is 0 Å². The fraction of sp³-hybridized carbons (Fsp3) is 1.00. The van der Waals surface area contributed by atoms with Gasteiger partial charge in [-0.1, -0.05) is 48.5 Å². The highest BCUT2D eigenvalue weighted by molar-refractivity contribution is 6.74. The van der Waals surface area contributed by atoms with Gasteiger partial charge in [0.2, 0.25) is 0 Å². The molecular formula is C20H46O3Si2. The van der Waals surface area contributed by atoms with E-state index < -0.39 is 16.6 Å². The third-order valence-corrected chi connectivity index (χ3v) is 15.4. The highest BCUT2D eigenvalue weighted by Gasteiger charge is 2.40. The molecule has 1 N–H and O–H groups in total. The fourth-order valence-electron chi connectivity index (χ4n) is 2.12. The van der Waals surface area contributed by atoms with Crippen LogP contribution in [0.5, 0.6) is 0 Å². The average Bonchev–Trinajstić information content (AvgIpc) is 2.42. The second-order valence-corrected chi connectivity index (χ2v) is 20.2. The van der Waals surface area contributed by atoms with Gasteiger partial charge in [-0.3, -0.25) is 0 Å². The molecule has 0 aromatic carbocycles. The van der Waals surface area contributed by atoms with Gasteiger partial charge in [0.25, 0.3) is 0 Å². The number of hydrogen-bond donors (Lipinski definition) is 1. The van der Waals surface area contributed by atoms with Crippen LogP contribution in [-0.4, -0.2) is 41.1 Å². The molecule has 0 rings (SSSR count). The zero-order valence-electron chi connectivity index (χ0n) is 19.0. The largest absolute Gasteiger partial charge is 0.417 e. The lowest BCUT2D eigenvalue weighted by Crippen LogP contribution is -2.46. The van der Waals surface area contributed by atoms with Gasteiger partial charge in [-0.15, -0.1) is 0 Å². The van der Waals surface area contributed by atoms with E-state index in [0.29, 0.717) is 0 Å². The Bertz CT molecular complexity index is 381. The first kappa shape index (κ1) is 25.3. The summed E-state index contributed by atoms with van der Waals surface area (Å²) in [5.74, 6) is 0.190. The summed E-state index contributed by atoms with van der Waals surface area (Å²) in [6.07, 6.45) is 3.33. The minimum absolute atomic E-state index is 0.152. The summed E-state index contributed by atoms with van der Waals surface area (Å²) >= 11 is 0. The van der Waals surface area contributed by atoms with Gasteiger partial charge < -0.3 is 14.0 Å². The third-order valence-electron chi connectivity index (χ3n) is 6.33. The molecule has 0 spiro atoms. The van der Waals surface area contributed by atoms with E-state index in [9.17, 15) is 5.11 Å². The molecule has 2 atom stereocenters. The van der Waals surface area contributed by atoms with Crippen molar-refractivity contribution in [1.29, 1.82) is 0 Å². The fourth-order valence-corrected chi connectivity index (χ4v) is 4.67. The lowest BCUT2D eigenvalue weighted by Gasteiger charge is -2.41. The molecule has 0 aliphatic rings. The Hall–Kier alpha value is 0.314. The van der Waals surface area contributed by atoms with E-state index in [1.165, 1.54) is 0 Å². The summed E-state index contributed by atoms with van der Waals surface area (Å²) in [5, 5.41) is 10.1. The van der Waals surface area contributed by atoms with Gasteiger partial charge in [-0.05, 0) is 55.5 Å². The Morgan fingerprint density at radius 1 is 0.840 bits per heavy atom. The van der Waals surface area contributed by atoms with Crippen LogP contribution in [0, 0.1) is 5.92 Å². The summed E-state index contributed by atoms with van der Waals surface area (Å²) in [6.45, 7) is 26.0. The normalized spacial score (nSPS) is 16.8. The first-order valence-electron chi connectivity index (χ1n) is 9.98. The predicted molar refractivity (Wildman–Crippen MR) is 115 cm³/mol. The molecule has 0 bridgehead atoms. The molecule has 0 saturated heterocycles. The number of unbranched alkanes of at least 4 members (excludes halogenated alkanes) is 1. The van der Waals surface area contributed by atoms with Crippen LogP contribution in [0.1, 0.15) is 67.7 Å². The topological polar surface area (TPSA) is 38.7 Å². The van der Waals surface area contributed by atoms with E-state index in [1.54, 1.807) is 0 Å². The van der Waals surface area contributed by atoms with Crippen molar-refractivity contribution in [2.45, 2.75) is 110 Å². The van der Waals surface area contributed by atoms with E-state index in [-0.39, 0.29) is 28.7 Å². The first-order valence-corrected chi connectivity index (χ1v) is 15.8. The Morgan fingerprint density at radius 2 is 1.32 bits per heavy atom. The SMILES string of the molecule is C[C@H](CO)[C@@H](CCCCO[Si](C)(C)C(C)(C)C)O[Si](C)(C)C(C)(C)C. The highest BCUT2D eigenvalue weighted by atomic mass is 28.4. The van der Waals surface area contributed by atoms with Crippen LogP contribution < -0.4 is 0 Å². The average molecular weight is 391 g/mol. The van der Waals surface area contributed by atoms with Crippen molar-refractivity contribution in [3.05, 3.63) is 0 Å². The minimum Gasteiger partial charge on any atom is -0.417 e. The molecule has 0 saturated carbocycles. The van der Waals surface area contributed by atoms with Crippen molar-refractivity contribution in [2.24, 2.45) is 5.92 Å². The quantitative estimate of drug-likeness (QED) is 0.356. The Balaban J connectivity index is 4.54. The van der Waals surface area contributed by atoms with Crippen LogP contribution in [-0.2, 0) is 8.85 Å². The van der Waals surface area contributed by atoms with Crippen LogP contribution in [0.25, 0.3) is 0 Å². The summed E-state index contributed by atoms with van der Waals surface area (Å²) in [6, 6.07) is 0. The molecule has 5 heteroatoms. The van der Waals surface area contributed by atoms with Crippen molar-refractivity contribution in [3.8, 4) is 0 Å². The first-order chi connectivity index (χ1) is 11.0. The maximum absolute atomic E-state index is 9.62. The molecule has 0 radical (unpaired) electrons. The van der Waals surface area contributed by atoms with Crippen molar-refractivity contribution in [2.75, 3.05) is 13.2 Å². The van der Waals surface area contributed by atoms with E-state index in [2.05, 4.69) is 74.7 Å². The summed E-state index contributed by atoms with van der Waals surface area (Å²) in [5.41, 5.74) is 0. The van der Waals surface area contributed by atoms with Crippen LogP contribution in [0.4, 0.5) is 0 Å². The molecule has 0 aromatic rings. The Kier molecular flexibility index (Phi) is 9.61. The van der Waals surface area contributed by atoms with Gasteiger partial charge >= 0.3 is 0 Å². The molecule has 0 fully saturated rings. The predicted octanol–water partition coefficient (Wildman–Crippen LogP) is 6.20. The van der Waals surface area contributed by atoms with Gasteiger partial charge in [0.15, 0.2) is 16.6 Å². The summed E-state index contributed by atoms with van der Waals surface area (Å²) < 4.78 is 12.9. The molecule has 0 unspecified atom stereocenters. The highest BCUT2D eigenvalue weighted by Crippen LogP contribution is 2.39. The lowest BCUT2D eigenvalue weighted by molar-refractivity contribution is 0.0756. The molecular weight excluding hydrogens is 344 g/mol. The molecule has 0 aliphatic carbocycles. The van der Waals surface area contributed by atoms with Gasteiger partial charge in [0.1, 0.15) is 0 Å². The van der Waals surface area contributed by atoms with E-state index in [4.69, 9.17) is 8.85 Å². The molecule has 152 valence electrons. The summed E-state index contributed by atoms with van der Waals surface area (Å²) in [7, 11) is -3.44. The van der Waals surface area contributed by atoms with E-state index in [0.717, 1.165) is 25.9 Å². The van der Waals surface area contributed by atoms with E-state index in [1.807, 2.05) is 0 Å². The zero-order valence-corrected chi connectivity index (χ0v) is 21.0. The molecule has 25 heavy (non-hydrogen) atoms. The van der Waals surface area contributed by atoms with Crippen LogP contribution in [0.15, 0.2) is 0 Å².